The van der Waals surface area contributed by atoms with E-state index < -0.39 is 21.6 Å². The number of sulfonamides is 1. The number of hydrogen-bond donors (Lipinski definition) is 4. The van der Waals surface area contributed by atoms with E-state index in [1.165, 1.54) is 35.7 Å². The third-order valence-electron chi connectivity index (χ3n) is 4.23. The first kappa shape index (κ1) is 18.1. The van der Waals surface area contributed by atoms with Gasteiger partial charge in [0.15, 0.2) is 0 Å². The van der Waals surface area contributed by atoms with Crippen LogP contribution in [0.4, 0.5) is 0 Å². The summed E-state index contributed by atoms with van der Waals surface area (Å²) in [5, 5.41) is 12.8. The molecule has 0 aliphatic carbocycles. The van der Waals surface area contributed by atoms with Crippen molar-refractivity contribution in [3.05, 3.63) is 40.3 Å². The van der Waals surface area contributed by atoms with Crippen molar-refractivity contribution in [1.82, 2.24) is 19.6 Å². The van der Waals surface area contributed by atoms with E-state index in [9.17, 15) is 23.1 Å². The summed E-state index contributed by atoms with van der Waals surface area (Å²) in [6.45, 7) is 0.768. The molecule has 3 aromatic rings. The number of carboxylic acids is 1. The Kier molecular flexibility index (Phi) is 4.57. The van der Waals surface area contributed by atoms with E-state index in [1.807, 2.05) is 0 Å². The second-order valence-electron chi connectivity index (χ2n) is 5.85. The Morgan fingerprint density at radius 2 is 2.08 bits per heavy atom. The molecule has 9 nitrogen and oxygen atoms in total. The van der Waals surface area contributed by atoms with Crippen molar-refractivity contribution in [3.8, 4) is 0 Å². The summed E-state index contributed by atoms with van der Waals surface area (Å²) in [6.07, 6.45) is 1.22. The second kappa shape index (κ2) is 6.56. The number of benzene rings is 1. The minimum atomic E-state index is -3.75. The van der Waals surface area contributed by atoms with Crippen molar-refractivity contribution in [2.24, 2.45) is 0 Å². The highest BCUT2D eigenvalue weighted by Crippen LogP contribution is 2.27. The zero-order chi connectivity index (χ0) is 19.1. The van der Waals surface area contributed by atoms with E-state index in [4.69, 9.17) is 0 Å². The highest BCUT2D eigenvalue weighted by Gasteiger charge is 2.22. The molecule has 0 aliphatic heterocycles. The number of nitrogens with zero attached hydrogens (tertiary/aromatic N) is 1. The first-order valence-corrected chi connectivity index (χ1v) is 9.22. The van der Waals surface area contributed by atoms with Gasteiger partial charge in [0, 0.05) is 42.6 Å². The number of aromatic nitrogens is 2. The van der Waals surface area contributed by atoms with E-state index in [0.717, 1.165) is 0 Å². The van der Waals surface area contributed by atoms with E-state index in [1.54, 1.807) is 7.05 Å². The standard InChI is InChI=1S/C16H18N4O5S/c1-17-5-6-20(2)26(24,25)9-3-4-12-10(7-9)13-11(16(22)23)8-18-14(13)15(21)19-12/h3-4,7-8,17-18H,5-6H2,1-2H3,(H,19,21)(H,22,23). The summed E-state index contributed by atoms with van der Waals surface area (Å²) >= 11 is 0. The summed E-state index contributed by atoms with van der Waals surface area (Å²) in [5.41, 5.74) is -0.106. The molecule has 2 aromatic heterocycles. The molecule has 10 heteroatoms. The molecule has 4 N–H and O–H groups in total. The molecule has 0 fully saturated rings. The van der Waals surface area contributed by atoms with Crippen LogP contribution in [0.3, 0.4) is 0 Å². The number of carbonyl (C=O) groups is 1. The maximum atomic E-state index is 12.7. The third-order valence-corrected chi connectivity index (χ3v) is 6.08. The minimum Gasteiger partial charge on any atom is -0.478 e. The predicted molar refractivity (Wildman–Crippen MR) is 97.1 cm³/mol. The Hall–Kier alpha value is -2.69. The molecule has 0 amide bonds. The molecule has 0 bridgehead atoms. The highest BCUT2D eigenvalue weighted by atomic mass is 32.2. The lowest BCUT2D eigenvalue weighted by molar-refractivity contribution is 0.0699. The number of aromatic amines is 2. The monoisotopic (exact) mass is 378 g/mol. The zero-order valence-electron chi connectivity index (χ0n) is 14.2. The van der Waals surface area contributed by atoms with Gasteiger partial charge in [-0.05, 0) is 25.2 Å². The first-order valence-electron chi connectivity index (χ1n) is 7.78. The van der Waals surface area contributed by atoms with Gasteiger partial charge in [-0.15, -0.1) is 0 Å². The SMILES string of the molecule is CNCCN(C)S(=O)(=O)c1ccc2[nH]c(=O)c3[nH]cc(C(=O)O)c3c2c1. The Labute approximate surface area is 148 Å². The van der Waals surface area contributed by atoms with Gasteiger partial charge in [0.05, 0.1) is 10.5 Å². The van der Waals surface area contributed by atoms with Crippen LogP contribution in [0.25, 0.3) is 21.8 Å². The molecule has 0 atom stereocenters. The second-order valence-corrected chi connectivity index (χ2v) is 7.89. The Morgan fingerprint density at radius 1 is 1.35 bits per heavy atom. The van der Waals surface area contributed by atoms with Gasteiger partial charge < -0.3 is 20.4 Å². The Balaban J connectivity index is 2.27. The van der Waals surface area contributed by atoms with Gasteiger partial charge in [0.25, 0.3) is 5.56 Å². The highest BCUT2D eigenvalue weighted by molar-refractivity contribution is 7.89. The fourth-order valence-corrected chi connectivity index (χ4v) is 4.00. The number of carboxylic acid groups (broad SMARTS) is 1. The van der Waals surface area contributed by atoms with Crippen LogP contribution in [-0.4, -0.2) is 61.0 Å². The molecular weight excluding hydrogens is 360 g/mol. The van der Waals surface area contributed by atoms with Gasteiger partial charge in [-0.2, -0.15) is 4.31 Å². The Morgan fingerprint density at radius 3 is 2.73 bits per heavy atom. The van der Waals surface area contributed by atoms with Crippen LogP contribution in [0.5, 0.6) is 0 Å². The van der Waals surface area contributed by atoms with Crippen molar-refractivity contribution in [2.75, 3.05) is 27.2 Å². The fourth-order valence-electron chi connectivity index (χ4n) is 2.80. The lowest BCUT2D eigenvalue weighted by Crippen LogP contribution is -2.32. The van der Waals surface area contributed by atoms with Crippen LogP contribution in [0.1, 0.15) is 10.4 Å². The predicted octanol–water partition coefficient (Wildman–Crippen LogP) is 0.548. The van der Waals surface area contributed by atoms with Gasteiger partial charge in [-0.1, -0.05) is 0 Å². The van der Waals surface area contributed by atoms with E-state index in [2.05, 4.69) is 15.3 Å². The molecule has 3 rings (SSSR count). The average Bonchev–Trinajstić information content (AvgIpc) is 3.05. The van der Waals surface area contributed by atoms with Crippen LogP contribution in [0, 0.1) is 0 Å². The molecule has 0 unspecified atom stereocenters. The molecular formula is C16H18N4O5S. The van der Waals surface area contributed by atoms with E-state index in [0.29, 0.717) is 17.4 Å². The summed E-state index contributed by atoms with van der Waals surface area (Å²) in [7, 11) is -0.558. The largest absolute Gasteiger partial charge is 0.478 e. The maximum absolute atomic E-state index is 12.7. The van der Waals surface area contributed by atoms with Gasteiger partial charge in [0.2, 0.25) is 10.0 Å². The molecule has 1 aromatic carbocycles. The van der Waals surface area contributed by atoms with Gasteiger partial charge in [-0.3, -0.25) is 4.79 Å². The van der Waals surface area contributed by atoms with Crippen LogP contribution < -0.4 is 10.9 Å². The van der Waals surface area contributed by atoms with E-state index in [-0.39, 0.29) is 27.9 Å². The number of H-pyrrole nitrogens is 2. The molecule has 0 aliphatic rings. The number of aromatic carboxylic acids is 1. The smallest absolute Gasteiger partial charge is 0.337 e. The van der Waals surface area contributed by atoms with Crippen molar-refractivity contribution < 1.29 is 18.3 Å². The molecule has 26 heavy (non-hydrogen) atoms. The number of fused-ring (bicyclic) bond motifs is 3. The summed E-state index contributed by atoms with van der Waals surface area (Å²) in [4.78, 5) is 28.9. The number of hydrogen-bond acceptors (Lipinski definition) is 5. The average molecular weight is 378 g/mol. The molecule has 0 saturated heterocycles. The Bertz CT molecular complexity index is 1160. The number of likely N-dealkylation sites (N-methyl/N-ethyl adjacent to an activating group) is 2. The molecule has 0 radical (unpaired) electrons. The van der Waals surface area contributed by atoms with Crippen molar-refractivity contribution in [1.29, 1.82) is 0 Å². The normalized spacial score (nSPS) is 12.3. The molecule has 2 heterocycles. The number of rotatable bonds is 6. The maximum Gasteiger partial charge on any atom is 0.337 e. The molecule has 0 saturated carbocycles. The lowest BCUT2D eigenvalue weighted by atomic mass is 10.1. The van der Waals surface area contributed by atoms with Crippen LogP contribution in [-0.2, 0) is 10.0 Å². The lowest BCUT2D eigenvalue weighted by Gasteiger charge is -2.17. The minimum absolute atomic E-state index is 0.0227. The zero-order valence-corrected chi connectivity index (χ0v) is 15.0. The van der Waals surface area contributed by atoms with Gasteiger partial charge in [0.1, 0.15) is 5.52 Å². The summed E-state index contributed by atoms with van der Waals surface area (Å²) in [6, 6.07) is 4.25. The van der Waals surface area contributed by atoms with Gasteiger partial charge >= 0.3 is 5.97 Å². The van der Waals surface area contributed by atoms with E-state index >= 15 is 0 Å². The van der Waals surface area contributed by atoms with Crippen molar-refractivity contribution >= 4 is 37.8 Å². The summed E-state index contributed by atoms with van der Waals surface area (Å²) < 4.78 is 26.7. The van der Waals surface area contributed by atoms with Gasteiger partial charge in [-0.25, -0.2) is 13.2 Å². The molecule has 0 spiro atoms. The van der Waals surface area contributed by atoms with Crippen LogP contribution >= 0.6 is 0 Å². The van der Waals surface area contributed by atoms with Crippen LogP contribution in [0.15, 0.2) is 34.1 Å². The molecule has 138 valence electrons. The van der Waals surface area contributed by atoms with Crippen LogP contribution in [0.2, 0.25) is 0 Å². The van der Waals surface area contributed by atoms with Crippen molar-refractivity contribution in [2.45, 2.75) is 4.90 Å². The fraction of sp³-hybridized carbons (Fsp3) is 0.250. The topological polar surface area (TPSA) is 135 Å². The number of pyridine rings is 1. The third kappa shape index (κ3) is 2.87. The summed E-state index contributed by atoms with van der Waals surface area (Å²) in [5.74, 6) is -1.21. The van der Waals surface area contributed by atoms with Crippen molar-refractivity contribution in [3.63, 3.8) is 0 Å². The quantitative estimate of drug-likeness (QED) is 0.495. The first-order chi connectivity index (χ1) is 12.3. The number of nitrogens with one attached hydrogen (secondary N) is 3.